The molecule has 1 aliphatic heterocycles. The van der Waals surface area contributed by atoms with Crippen molar-refractivity contribution < 1.29 is 9.53 Å². The number of likely N-dealkylation sites (tertiary alicyclic amines) is 1. The summed E-state index contributed by atoms with van der Waals surface area (Å²) in [6.45, 7) is 5.64. The van der Waals surface area contributed by atoms with Crippen LogP contribution in [0.1, 0.15) is 29.0 Å². The minimum Gasteiger partial charge on any atom is -0.490 e. The van der Waals surface area contributed by atoms with Crippen LogP contribution in [0.15, 0.2) is 48.5 Å². The van der Waals surface area contributed by atoms with Crippen molar-refractivity contribution in [1.29, 1.82) is 0 Å². The van der Waals surface area contributed by atoms with Crippen LogP contribution in [0.4, 0.5) is 0 Å². The highest BCUT2D eigenvalue weighted by Crippen LogP contribution is 2.24. The summed E-state index contributed by atoms with van der Waals surface area (Å²) < 4.78 is 7.26. The monoisotopic (exact) mass is 392 g/mol. The number of thiazole rings is 1. The van der Waals surface area contributed by atoms with Crippen molar-refractivity contribution in [2.45, 2.75) is 32.8 Å². The smallest absolute Gasteiger partial charge is 0.246 e. The molecule has 1 aromatic heterocycles. The standard InChI is InChI=1S/C23H24N2O2S/c1-16-7-8-19(15-17(16)2)27-18-11-13-25(14-12-18)23(26)10-9-22-24-20-5-3-4-6-21(20)28-22/h3-10,15,18H,11-14H2,1-2H3/b10-9+. The van der Waals surface area contributed by atoms with Crippen LogP contribution < -0.4 is 4.74 Å². The fourth-order valence-corrected chi connectivity index (χ4v) is 4.25. The molecule has 1 fully saturated rings. The number of carbonyl (C=O) groups excluding carboxylic acids is 1. The van der Waals surface area contributed by atoms with Crippen LogP contribution in [-0.4, -0.2) is 35.0 Å². The summed E-state index contributed by atoms with van der Waals surface area (Å²) in [5.74, 6) is 0.965. The summed E-state index contributed by atoms with van der Waals surface area (Å²) in [6.07, 6.45) is 5.34. The van der Waals surface area contributed by atoms with Gasteiger partial charge in [0, 0.05) is 32.0 Å². The molecule has 2 heterocycles. The topological polar surface area (TPSA) is 42.4 Å². The maximum Gasteiger partial charge on any atom is 0.246 e. The number of carbonyl (C=O) groups is 1. The van der Waals surface area contributed by atoms with Crippen LogP contribution in [-0.2, 0) is 4.79 Å². The van der Waals surface area contributed by atoms with Gasteiger partial charge in [-0.2, -0.15) is 0 Å². The molecule has 1 saturated heterocycles. The molecule has 1 amide bonds. The van der Waals surface area contributed by atoms with Gasteiger partial charge in [0.15, 0.2) is 0 Å². The second kappa shape index (κ2) is 8.15. The van der Waals surface area contributed by atoms with Gasteiger partial charge in [-0.25, -0.2) is 4.98 Å². The minimum atomic E-state index is 0.0453. The van der Waals surface area contributed by atoms with Crippen molar-refractivity contribution >= 4 is 33.5 Å². The Hall–Kier alpha value is -2.66. The van der Waals surface area contributed by atoms with Gasteiger partial charge < -0.3 is 9.64 Å². The summed E-state index contributed by atoms with van der Waals surface area (Å²) in [5.41, 5.74) is 3.49. The Labute approximate surface area is 169 Å². The molecular formula is C23H24N2O2S. The molecule has 0 radical (unpaired) electrons. The zero-order valence-electron chi connectivity index (χ0n) is 16.2. The van der Waals surface area contributed by atoms with Crippen molar-refractivity contribution in [3.63, 3.8) is 0 Å². The van der Waals surface area contributed by atoms with Crippen LogP contribution in [0.5, 0.6) is 5.75 Å². The number of hydrogen-bond donors (Lipinski definition) is 0. The van der Waals surface area contributed by atoms with E-state index in [1.807, 2.05) is 41.3 Å². The van der Waals surface area contributed by atoms with Gasteiger partial charge in [0.2, 0.25) is 5.91 Å². The number of rotatable bonds is 4. The number of fused-ring (bicyclic) bond motifs is 1. The molecule has 3 aromatic rings. The van der Waals surface area contributed by atoms with E-state index >= 15 is 0 Å². The largest absolute Gasteiger partial charge is 0.490 e. The number of piperidine rings is 1. The Bertz CT molecular complexity index is 983. The highest BCUT2D eigenvalue weighted by atomic mass is 32.1. The van der Waals surface area contributed by atoms with Gasteiger partial charge in [-0.15, -0.1) is 11.3 Å². The van der Waals surface area contributed by atoms with E-state index in [0.29, 0.717) is 0 Å². The molecule has 0 atom stereocenters. The lowest BCUT2D eigenvalue weighted by atomic mass is 10.1. The van der Waals surface area contributed by atoms with E-state index < -0.39 is 0 Å². The third-order valence-corrected chi connectivity index (χ3v) is 6.22. The molecule has 0 aliphatic carbocycles. The molecule has 0 bridgehead atoms. The molecule has 4 nitrogen and oxygen atoms in total. The molecule has 2 aromatic carbocycles. The first kappa shape index (κ1) is 18.7. The van der Waals surface area contributed by atoms with Crippen LogP contribution in [0, 0.1) is 13.8 Å². The molecule has 28 heavy (non-hydrogen) atoms. The second-order valence-electron chi connectivity index (χ2n) is 7.24. The summed E-state index contributed by atoms with van der Waals surface area (Å²) in [5, 5.41) is 0.863. The average molecular weight is 393 g/mol. The summed E-state index contributed by atoms with van der Waals surface area (Å²) in [6, 6.07) is 14.2. The first-order valence-corrected chi connectivity index (χ1v) is 10.5. The Kier molecular flexibility index (Phi) is 5.44. The van der Waals surface area contributed by atoms with E-state index in [1.54, 1.807) is 17.4 Å². The lowest BCUT2D eigenvalue weighted by Gasteiger charge is -2.31. The Morgan fingerprint density at radius 3 is 2.68 bits per heavy atom. The fraction of sp³-hybridized carbons (Fsp3) is 0.304. The van der Waals surface area contributed by atoms with E-state index in [2.05, 4.69) is 31.0 Å². The molecule has 144 valence electrons. The third-order valence-electron chi connectivity index (χ3n) is 5.21. The van der Waals surface area contributed by atoms with Gasteiger partial charge in [0.25, 0.3) is 0 Å². The van der Waals surface area contributed by atoms with Gasteiger partial charge in [0.05, 0.1) is 10.2 Å². The van der Waals surface area contributed by atoms with Crippen molar-refractivity contribution in [3.8, 4) is 5.75 Å². The molecule has 0 saturated carbocycles. The maximum absolute atomic E-state index is 12.5. The number of nitrogens with zero attached hydrogens (tertiary/aromatic N) is 2. The normalized spacial score (nSPS) is 15.4. The van der Waals surface area contributed by atoms with Gasteiger partial charge in [-0.1, -0.05) is 18.2 Å². The number of ether oxygens (including phenoxy) is 1. The lowest BCUT2D eigenvalue weighted by molar-refractivity contribution is -0.127. The highest BCUT2D eigenvalue weighted by molar-refractivity contribution is 7.19. The van der Waals surface area contributed by atoms with Crippen LogP contribution in [0.25, 0.3) is 16.3 Å². The zero-order chi connectivity index (χ0) is 19.5. The molecular weight excluding hydrogens is 368 g/mol. The Morgan fingerprint density at radius 2 is 1.93 bits per heavy atom. The molecule has 0 unspecified atom stereocenters. The Balaban J connectivity index is 1.31. The number of aromatic nitrogens is 1. The molecule has 0 spiro atoms. The van der Waals surface area contributed by atoms with Crippen LogP contribution >= 0.6 is 11.3 Å². The summed E-state index contributed by atoms with van der Waals surface area (Å²) >= 11 is 1.60. The molecule has 1 aliphatic rings. The van der Waals surface area contributed by atoms with E-state index in [4.69, 9.17) is 4.74 Å². The predicted molar refractivity (Wildman–Crippen MR) is 115 cm³/mol. The van der Waals surface area contributed by atoms with Crippen molar-refractivity contribution in [3.05, 3.63) is 64.7 Å². The van der Waals surface area contributed by atoms with Gasteiger partial charge in [0.1, 0.15) is 16.9 Å². The predicted octanol–water partition coefficient (Wildman–Crippen LogP) is 5.00. The van der Waals surface area contributed by atoms with Crippen LogP contribution in [0.2, 0.25) is 0 Å². The number of para-hydroxylation sites is 1. The van der Waals surface area contributed by atoms with Gasteiger partial charge in [-0.05, 0) is 55.3 Å². The minimum absolute atomic E-state index is 0.0453. The van der Waals surface area contributed by atoms with Crippen LogP contribution in [0.3, 0.4) is 0 Å². The van der Waals surface area contributed by atoms with E-state index in [0.717, 1.165) is 46.9 Å². The molecule has 5 heteroatoms. The average Bonchev–Trinajstić information content (AvgIpc) is 3.12. The quantitative estimate of drug-likeness (QED) is 0.587. The number of amides is 1. The van der Waals surface area contributed by atoms with Gasteiger partial charge >= 0.3 is 0 Å². The number of aryl methyl sites for hydroxylation is 2. The SMILES string of the molecule is Cc1ccc(OC2CCN(C(=O)/C=C/c3nc4ccccc4s3)CC2)cc1C. The third kappa shape index (κ3) is 4.25. The summed E-state index contributed by atoms with van der Waals surface area (Å²) in [4.78, 5) is 18.9. The number of benzene rings is 2. The first-order chi connectivity index (χ1) is 13.6. The highest BCUT2D eigenvalue weighted by Gasteiger charge is 2.23. The Morgan fingerprint density at radius 1 is 1.14 bits per heavy atom. The first-order valence-electron chi connectivity index (χ1n) is 9.65. The van der Waals surface area contributed by atoms with Crippen molar-refractivity contribution in [2.24, 2.45) is 0 Å². The summed E-state index contributed by atoms with van der Waals surface area (Å²) in [7, 11) is 0. The number of hydrogen-bond acceptors (Lipinski definition) is 4. The lowest BCUT2D eigenvalue weighted by Crippen LogP contribution is -2.41. The molecule has 4 rings (SSSR count). The zero-order valence-corrected chi connectivity index (χ0v) is 17.0. The molecule has 0 N–H and O–H groups in total. The van der Waals surface area contributed by atoms with E-state index in [9.17, 15) is 4.79 Å². The van der Waals surface area contributed by atoms with Gasteiger partial charge in [-0.3, -0.25) is 4.79 Å². The maximum atomic E-state index is 12.5. The fourth-order valence-electron chi connectivity index (χ4n) is 3.38. The van der Waals surface area contributed by atoms with Crippen molar-refractivity contribution in [1.82, 2.24) is 9.88 Å². The second-order valence-corrected chi connectivity index (χ2v) is 8.30. The van der Waals surface area contributed by atoms with Crippen molar-refractivity contribution in [2.75, 3.05) is 13.1 Å². The van der Waals surface area contributed by atoms with E-state index in [1.165, 1.54) is 11.1 Å². The van der Waals surface area contributed by atoms with E-state index in [-0.39, 0.29) is 12.0 Å².